The molecule has 2 saturated carbocycles. The summed E-state index contributed by atoms with van der Waals surface area (Å²) >= 11 is 0. The number of fused-ring (bicyclic) bond motifs is 1. The number of nitrogens with zero attached hydrogens (tertiary/aromatic N) is 2. The zero-order valence-electron chi connectivity index (χ0n) is 16.3. The topological polar surface area (TPSA) is 37.5 Å². The summed E-state index contributed by atoms with van der Waals surface area (Å²) in [5, 5.41) is 11.4. The minimum atomic E-state index is -0.455. The van der Waals surface area contributed by atoms with E-state index in [4.69, 9.17) is 0 Å². The molecule has 0 bridgehead atoms. The Hall–Kier alpha value is -2.20. The van der Waals surface area contributed by atoms with Crippen LogP contribution < -0.4 is 0 Å². The summed E-state index contributed by atoms with van der Waals surface area (Å²) in [6, 6.07) is 9.47. The van der Waals surface area contributed by atoms with Crippen LogP contribution in [0.3, 0.4) is 0 Å². The van der Waals surface area contributed by atoms with Crippen molar-refractivity contribution in [2.24, 2.45) is 5.92 Å². The van der Waals surface area contributed by atoms with Crippen molar-refractivity contribution in [2.45, 2.75) is 63.4 Å². The zero-order valence-corrected chi connectivity index (χ0v) is 16.3. The van der Waals surface area contributed by atoms with E-state index < -0.39 is 6.10 Å². The van der Waals surface area contributed by atoms with Gasteiger partial charge in [-0.1, -0.05) is 12.1 Å². The number of aryl methyl sites for hydroxylation is 1. The summed E-state index contributed by atoms with van der Waals surface area (Å²) in [4.78, 5) is 4.30. The van der Waals surface area contributed by atoms with Gasteiger partial charge in [-0.15, -0.1) is 0 Å². The molecule has 1 N–H and O–H groups in total. The van der Waals surface area contributed by atoms with E-state index in [2.05, 4.69) is 21.5 Å². The predicted molar refractivity (Wildman–Crippen MR) is 108 cm³/mol. The smallest absolute Gasteiger partial charge is 0.123 e. The first-order valence-electron chi connectivity index (χ1n) is 10.5. The Kier molecular flexibility index (Phi) is 4.47. The molecule has 3 nitrogen and oxygen atoms in total. The summed E-state index contributed by atoms with van der Waals surface area (Å²) in [6.07, 6.45) is 9.78. The summed E-state index contributed by atoms with van der Waals surface area (Å²) in [5.41, 5.74) is 5.72. The molecule has 2 aliphatic rings. The van der Waals surface area contributed by atoms with Crippen LogP contribution >= 0.6 is 0 Å². The van der Waals surface area contributed by atoms with Crippen molar-refractivity contribution < 1.29 is 9.50 Å². The highest BCUT2D eigenvalue weighted by Crippen LogP contribution is 2.47. The molecule has 0 radical (unpaired) electrons. The minimum Gasteiger partial charge on any atom is -0.387 e. The Bertz CT molecular complexity index is 999. The van der Waals surface area contributed by atoms with Gasteiger partial charge in [0.25, 0.3) is 0 Å². The Morgan fingerprint density at radius 3 is 2.39 bits per heavy atom. The van der Waals surface area contributed by atoms with Crippen molar-refractivity contribution in [3.63, 3.8) is 0 Å². The SMILES string of the molecule is Cc1cc(F)ccc1C1CCC([C@H](O)c2c(C3CC3)ccc3cncn23)CC1. The quantitative estimate of drug-likeness (QED) is 0.635. The number of imidazole rings is 1. The fraction of sp³-hybridized carbons (Fsp3) is 0.458. The molecule has 146 valence electrons. The van der Waals surface area contributed by atoms with Crippen LogP contribution in [0.25, 0.3) is 5.52 Å². The predicted octanol–water partition coefficient (Wildman–Crippen LogP) is 5.67. The lowest BCUT2D eigenvalue weighted by molar-refractivity contribution is 0.0754. The van der Waals surface area contributed by atoms with Gasteiger partial charge in [-0.3, -0.25) is 0 Å². The standard InChI is InChI=1S/C24H27FN2O/c1-15-12-19(25)8-10-21(15)16-4-6-18(7-5-16)24(28)23-22(17-2-3-17)11-9-20-13-26-14-27(20)23/h8-14,16-18,24,28H,2-7H2,1H3/t16?,18?,24-/m0/s1. The van der Waals surface area contributed by atoms with Gasteiger partial charge in [-0.2, -0.15) is 0 Å². The fourth-order valence-electron chi connectivity index (χ4n) is 5.15. The van der Waals surface area contributed by atoms with Gasteiger partial charge >= 0.3 is 0 Å². The Labute approximate surface area is 165 Å². The minimum absolute atomic E-state index is 0.161. The lowest BCUT2D eigenvalue weighted by atomic mass is 9.75. The van der Waals surface area contributed by atoms with Crippen molar-refractivity contribution >= 4 is 5.52 Å². The van der Waals surface area contributed by atoms with Gasteiger partial charge in [0.1, 0.15) is 5.82 Å². The normalized spacial score (nSPS) is 23.8. The number of aliphatic hydroxyl groups excluding tert-OH is 1. The average molecular weight is 378 g/mol. The van der Waals surface area contributed by atoms with E-state index in [1.807, 2.05) is 25.5 Å². The first kappa shape index (κ1) is 17.9. The number of rotatable bonds is 4. The van der Waals surface area contributed by atoms with Gasteiger partial charge in [0.2, 0.25) is 0 Å². The fourth-order valence-corrected chi connectivity index (χ4v) is 5.15. The average Bonchev–Trinajstić information content (AvgIpc) is 3.43. The van der Waals surface area contributed by atoms with Crippen LogP contribution in [0.2, 0.25) is 0 Å². The second-order valence-corrected chi connectivity index (χ2v) is 8.69. The Balaban J connectivity index is 1.38. The molecule has 0 spiro atoms. The lowest BCUT2D eigenvalue weighted by Crippen LogP contribution is -2.22. The molecule has 3 aromatic rings. The third kappa shape index (κ3) is 3.14. The van der Waals surface area contributed by atoms with Crippen molar-refractivity contribution in [1.29, 1.82) is 0 Å². The third-order valence-corrected chi connectivity index (χ3v) is 6.84. The van der Waals surface area contributed by atoms with E-state index in [1.54, 1.807) is 12.1 Å². The molecule has 1 aromatic carbocycles. The number of pyridine rings is 1. The Morgan fingerprint density at radius 2 is 1.68 bits per heavy atom. The summed E-state index contributed by atoms with van der Waals surface area (Å²) < 4.78 is 15.5. The highest BCUT2D eigenvalue weighted by molar-refractivity contribution is 5.50. The third-order valence-electron chi connectivity index (χ3n) is 6.84. The second-order valence-electron chi connectivity index (χ2n) is 8.69. The summed E-state index contributed by atoms with van der Waals surface area (Å²) in [6.45, 7) is 2.00. The van der Waals surface area contributed by atoms with Crippen molar-refractivity contribution in [2.75, 3.05) is 0 Å². The maximum Gasteiger partial charge on any atom is 0.123 e. The molecule has 5 rings (SSSR count). The van der Waals surface area contributed by atoms with Crippen LogP contribution in [0.15, 0.2) is 42.9 Å². The number of hydrogen-bond acceptors (Lipinski definition) is 2. The molecular weight excluding hydrogens is 351 g/mol. The molecule has 4 heteroatoms. The summed E-state index contributed by atoms with van der Waals surface area (Å²) in [7, 11) is 0. The first-order chi connectivity index (χ1) is 13.6. The van der Waals surface area contributed by atoms with E-state index in [0.29, 0.717) is 11.8 Å². The van der Waals surface area contributed by atoms with Crippen molar-refractivity contribution in [1.82, 2.24) is 9.38 Å². The zero-order chi connectivity index (χ0) is 19.3. The van der Waals surface area contributed by atoms with E-state index in [-0.39, 0.29) is 11.7 Å². The number of hydrogen-bond donors (Lipinski definition) is 1. The van der Waals surface area contributed by atoms with Crippen LogP contribution in [-0.4, -0.2) is 14.5 Å². The highest BCUT2D eigenvalue weighted by atomic mass is 19.1. The molecule has 0 amide bonds. The van der Waals surface area contributed by atoms with Gasteiger partial charge in [0.05, 0.1) is 29.8 Å². The first-order valence-corrected chi connectivity index (χ1v) is 10.5. The molecule has 0 saturated heterocycles. The van der Waals surface area contributed by atoms with Gasteiger partial charge in [0.15, 0.2) is 0 Å². The molecule has 1 atom stereocenters. The van der Waals surface area contributed by atoms with Gasteiger partial charge < -0.3 is 9.51 Å². The number of benzene rings is 1. The van der Waals surface area contributed by atoms with Crippen LogP contribution in [0, 0.1) is 18.7 Å². The van der Waals surface area contributed by atoms with Crippen molar-refractivity contribution in [3.8, 4) is 0 Å². The van der Waals surface area contributed by atoms with Gasteiger partial charge in [0, 0.05) is 0 Å². The molecule has 2 heterocycles. The van der Waals surface area contributed by atoms with E-state index >= 15 is 0 Å². The second kappa shape index (κ2) is 7.00. The number of aromatic nitrogens is 2. The van der Waals surface area contributed by atoms with E-state index in [0.717, 1.165) is 42.5 Å². The molecular formula is C24H27FN2O. The van der Waals surface area contributed by atoms with Crippen molar-refractivity contribution in [3.05, 3.63) is 71.1 Å². The maximum atomic E-state index is 13.4. The van der Waals surface area contributed by atoms with Gasteiger partial charge in [-0.25, -0.2) is 9.37 Å². The monoisotopic (exact) mass is 378 g/mol. The number of halogens is 1. The Morgan fingerprint density at radius 1 is 1.00 bits per heavy atom. The molecule has 28 heavy (non-hydrogen) atoms. The molecule has 2 aromatic heterocycles. The maximum absolute atomic E-state index is 13.4. The van der Waals surface area contributed by atoms with E-state index in [1.165, 1.54) is 24.0 Å². The van der Waals surface area contributed by atoms with Crippen LogP contribution in [0.4, 0.5) is 4.39 Å². The lowest BCUT2D eigenvalue weighted by Gasteiger charge is -2.33. The largest absolute Gasteiger partial charge is 0.387 e. The molecule has 0 unspecified atom stereocenters. The number of aliphatic hydroxyl groups is 1. The van der Waals surface area contributed by atoms with Gasteiger partial charge in [-0.05, 0) is 98.1 Å². The van der Waals surface area contributed by atoms with Crippen LogP contribution in [0.1, 0.15) is 78.8 Å². The van der Waals surface area contributed by atoms with Crippen LogP contribution in [0.5, 0.6) is 0 Å². The highest BCUT2D eigenvalue weighted by Gasteiger charge is 2.34. The molecule has 2 aliphatic carbocycles. The molecule has 0 aliphatic heterocycles. The van der Waals surface area contributed by atoms with E-state index in [9.17, 15) is 9.50 Å². The van der Waals surface area contributed by atoms with Crippen LogP contribution in [-0.2, 0) is 0 Å². The summed E-state index contributed by atoms with van der Waals surface area (Å²) in [5.74, 6) is 1.17. The molecule has 2 fully saturated rings.